The van der Waals surface area contributed by atoms with Crippen molar-refractivity contribution in [2.45, 2.75) is 52.1 Å². The summed E-state index contributed by atoms with van der Waals surface area (Å²) in [5.74, 6) is -0.359. The van der Waals surface area contributed by atoms with Crippen molar-refractivity contribution < 1.29 is 14.0 Å². The van der Waals surface area contributed by atoms with Gasteiger partial charge >= 0.3 is 6.03 Å². The van der Waals surface area contributed by atoms with Crippen molar-refractivity contribution in [3.63, 3.8) is 0 Å². The zero-order chi connectivity index (χ0) is 18.9. The van der Waals surface area contributed by atoms with Crippen LogP contribution in [0.15, 0.2) is 24.3 Å². The van der Waals surface area contributed by atoms with Crippen LogP contribution < -0.4 is 5.32 Å². The monoisotopic (exact) mass is 361 g/mol. The van der Waals surface area contributed by atoms with Gasteiger partial charge in [0.05, 0.1) is 0 Å². The van der Waals surface area contributed by atoms with Crippen LogP contribution in [-0.2, 0) is 11.3 Å². The lowest BCUT2D eigenvalue weighted by atomic mass is 9.87. The van der Waals surface area contributed by atoms with Crippen molar-refractivity contribution in [3.8, 4) is 0 Å². The van der Waals surface area contributed by atoms with Crippen LogP contribution in [0.4, 0.5) is 9.18 Å². The van der Waals surface area contributed by atoms with Crippen molar-refractivity contribution in [2.75, 3.05) is 19.6 Å². The number of hydrogen-bond donors (Lipinski definition) is 1. The topological polar surface area (TPSA) is 52.7 Å². The molecule has 0 aromatic heterocycles. The molecule has 2 fully saturated rings. The standard InChI is InChI=1S/C20H28FN3O2/c1-19(2,3)14-20(8-9-20)22-18(26)24-11-10-23(17(25)13-24)12-15-4-6-16(21)7-5-15/h4-7H,8-14H2,1-3H3,(H,22,26). The van der Waals surface area contributed by atoms with Crippen LogP contribution in [0.3, 0.4) is 0 Å². The molecular weight excluding hydrogens is 333 g/mol. The fourth-order valence-electron chi connectivity index (χ4n) is 3.68. The lowest BCUT2D eigenvalue weighted by Gasteiger charge is -2.36. The van der Waals surface area contributed by atoms with Gasteiger partial charge in [0, 0.05) is 25.2 Å². The van der Waals surface area contributed by atoms with Crippen LogP contribution in [-0.4, -0.2) is 46.9 Å². The summed E-state index contributed by atoms with van der Waals surface area (Å²) in [6, 6.07) is 6.03. The third-order valence-corrected chi connectivity index (χ3v) is 4.99. The van der Waals surface area contributed by atoms with Gasteiger partial charge in [-0.15, -0.1) is 0 Å². The first kappa shape index (κ1) is 18.7. The molecule has 1 aliphatic carbocycles. The fraction of sp³-hybridized carbons (Fsp3) is 0.600. The molecule has 0 bridgehead atoms. The third-order valence-electron chi connectivity index (χ3n) is 4.99. The number of amides is 3. The summed E-state index contributed by atoms with van der Waals surface area (Å²) in [4.78, 5) is 28.3. The molecule has 1 N–H and O–H groups in total. The highest BCUT2D eigenvalue weighted by molar-refractivity contribution is 5.85. The minimum absolute atomic E-state index is 0.0728. The van der Waals surface area contributed by atoms with Crippen molar-refractivity contribution in [2.24, 2.45) is 5.41 Å². The maximum absolute atomic E-state index is 13.0. The Bertz CT molecular complexity index is 677. The number of piperazine rings is 1. The number of urea groups is 1. The number of carbonyl (C=O) groups is 2. The predicted molar refractivity (Wildman–Crippen MR) is 98.0 cm³/mol. The van der Waals surface area contributed by atoms with Crippen molar-refractivity contribution in [1.29, 1.82) is 0 Å². The Morgan fingerprint density at radius 1 is 1.19 bits per heavy atom. The lowest BCUT2D eigenvalue weighted by molar-refractivity contribution is -0.135. The second kappa shape index (κ2) is 6.89. The van der Waals surface area contributed by atoms with Gasteiger partial charge in [0.25, 0.3) is 0 Å². The van der Waals surface area contributed by atoms with Gasteiger partial charge in [0.15, 0.2) is 0 Å². The van der Waals surface area contributed by atoms with E-state index in [2.05, 4.69) is 26.1 Å². The van der Waals surface area contributed by atoms with E-state index >= 15 is 0 Å². The van der Waals surface area contributed by atoms with Crippen LogP contribution >= 0.6 is 0 Å². The number of halogens is 1. The van der Waals surface area contributed by atoms with Crippen molar-refractivity contribution >= 4 is 11.9 Å². The molecule has 6 heteroatoms. The van der Waals surface area contributed by atoms with Gasteiger partial charge in [0.1, 0.15) is 12.4 Å². The Labute approximate surface area is 154 Å². The average molecular weight is 361 g/mol. The van der Waals surface area contributed by atoms with E-state index in [9.17, 15) is 14.0 Å². The molecule has 26 heavy (non-hydrogen) atoms. The number of benzene rings is 1. The molecule has 1 aromatic rings. The van der Waals surface area contributed by atoms with Crippen molar-refractivity contribution in [1.82, 2.24) is 15.1 Å². The van der Waals surface area contributed by atoms with Crippen LogP contribution in [0.25, 0.3) is 0 Å². The normalized spacial score (nSPS) is 19.5. The first-order valence-electron chi connectivity index (χ1n) is 9.25. The molecule has 5 nitrogen and oxygen atoms in total. The first-order valence-corrected chi connectivity index (χ1v) is 9.25. The largest absolute Gasteiger partial charge is 0.335 e. The molecule has 1 aliphatic heterocycles. The Morgan fingerprint density at radius 2 is 1.85 bits per heavy atom. The number of rotatable bonds is 4. The number of carbonyl (C=O) groups excluding carboxylic acids is 2. The molecule has 142 valence electrons. The molecule has 2 aliphatic rings. The number of nitrogens with zero attached hydrogens (tertiary/aromatic N) is 2. The van der Waals surface area contributed by atoms with E-state index in [1.165, 1.54) is 12.1 Å². The highest BCUT2D eigenvalue weighted by Crippen LogP contribution is 2.44. The Kier molecular flexibility index (Phi) is 4.95. The van der Waals surface area contributed by atoms with Gasteiger partial charge in [-0.25, -0.2) is 9.18 Å². The van der Waals surface area contributed by atoms with Gasteiger partial charge in [-0.2, -0.15) is 0 Å². The highest BCUT2D eigenvalue weighted by Gasteiger charge is 2.47. The zero-order valence-electron chi connectivity index (χ0n) is 15.8. The molecule has 3 amide bonds. The Balaban J connectivity index is 1.52. The van der Waals surface area contributed by atoms with Crippen LogP contribution in [0, 0.1) is 11.2 Å². The molecule has 0 atom stereocenters. The van der Waals surface area contributed by atoms with Crippen LogP contribution in [0.5, 0.6) is 0 Å². The van der Waals surface area contributed by atoms with Gasteiger partial charge in [0.2, 0.25) is 5.91 Å². The minimum Gasteiger partial charge on any atom is -0.335 e. The van der Waals surface area contributed by atoms with Crippen LogP contribution in [0.2, 0.25) is 0 Å². The van der Waals surface area contributed by atoms with E-state index in [4.69, 9.17) is 0 Å². The molecule has 0 unspecified atom stereocenters. The molecule has 1 saturated carbocycles. The van der Waals surface area contributed by atoms with Gasteiger partial charge in [-0.1, -0.05) is 32.9 Å². The van der Waals surface area contributed by atoms with E-state index in [-0.39, 0.29) is 35.3 Å². The summed E-state index contributed by atoms with van der Waals surface area (Å²) >= 11 is 0. The lowest BCUT2D eigenvalue weighted by Crippen LogP contribution is -2.56. The Hall–Kier alpha value is -2.11. The summed E-state index contributed by atoms with van der Waals surface area (Å²) in [6.45, 7) is 8.09. The maximum Gasteiger partial charge on any atom is 0.318 e. The van der Waals surface area contributed by atoms with Crippen molar-refractivity contribution in [3.05, 3.63) is 35.6 Å². The molecule has 1 saturated heterocycles. The summed E-state index contributed by atoms with van der Waals surface area (Å²) in [7, 11) is 0. The van der Waals surface area contributed by atoms with Gasteiger partial charge in [-0.05, 0) is 42.4 Å². The zero-order valence-corrected chi connectivity index (χ0v) is 15.8. The van der Waals surface area contributed by atoms with E-state index in [0.29, 0.717) is 19.6 Å². The molecule has 3 rings (SSSR count). The second-order valence-corrected chi connectivity index (χ2v) is 8.81. The molecule has 1 heterocycles. The smallest absolute Gasteiger partial charge is 0.318 e. The summed E-state index contributed by atoms with van der Waals surface area (Å²) in [5.41, 5.74) is 0.955. The third kappa shape index (κ3) is 4.74. The summed E-state index contributed by atoms with van der Waals surface area (Å²) < 4.78 is 13.0. The molecule has 1 aromatic carbocycles. The fourth-order valence-corrected chi connectivity index (χ4v) is 3.68. The average Bonchev–Trinajstić information content (AvgIpc) is 3.28. The number of nitrogens with one attached hydrogen (secondary N) is 1. The molecular formula is C20H28FN3O2. The second-order valence-electron chi connectivity index (χ2n) is 8.81. The van der Waals surface area contributed by atoms with E-state index < -0.39 is 0 Å². The maximum atomic E-state index is 13.0. The van der Waals surface area contributed by atoms with E-state index in [1.54, 1.807) is 21.9 Å². The van der Waals surface area contributed by atoms with E-state index in [0.717, 1.165) is 24.8 Å². The highest BCUT2D eigenvalue weighted by atomic mass is 19.1. The van der Waals surface area contributed by atoms with Gasteiger partial charge in [-0.3, -0.25) is 4.79 Å². The molecule has 0 spiro atoms. The first-order chi connectivity index (χ1) is 12.2. The summed E-state index contributed by atoms with van der Waals surface area (Å²) in [5, 5.41) is 3.16. The minimum atomic E-state index is -0.286. The number of hydrogen-bond acceptors (Lipinski definition) is 2. The predicted octanol–water partition coefficient (Wildman–Crippen LogP) is 3.15. The SMILES string of the molecule is CC(C)(C)CC1(NC(=O)N2CCN(Cc3ccc(F)cc3)C(=O)C2)CC1. The quantitative estimate of drug-likeness (QED) is 0.896. The Morgan fingerprint density at radius 3 is 2.38 bits per heavy atom. The summed E-state index contributed by atoms with van der Waals surface area (Å²) in [6.07, 6.45) is 2.97. The molecule has 0 radical (unpaired) electrons. The van der Waals surface area contributed by atoms with Crippen LogP contribution in [0.1, 0.15) is 45.6 Å². The van der Waals surface area contributed by atoms with E-state index in [1.807, 2.05) is 0 Å². The van der Waals surface area contributed by atoms with Gasteiger partial charge < -0.3 is 15.1 Å².